The van der Waals surface area contributed by atoms with Gasteiger partial charge in [-0.25, -0.2) is 9.69 Å². The lowest BCUT2D eigenvalue weighted by Crippen LogP contribution is -2.54. The molecule has 31 heavy (non-hydrogen) atoms. The van der Waals surface area contributed by atoms with Crippen molar-refractivity contribution in [3.05, 3.63) is 82.9 Å². The number of urea groups is 1. The third kappa shape index (κ3) is 3.66. The van der Waals surface area contributed by atoms with Gasteiger partial charge in [0.25, 0.3) is 11.8 Å². The summed E-state index contributed by atoms with van der Waals surface area (Å²) in [5, 5.41) is 2.27. The molecule has 1 N–H and O–H groups in total. The first kappa shape index (κ1) is 20.3. The summed E-state index contributed by atoms with van der Waals surface area (Å²) in [5.41, 5.74) is 4.80. The Morgan fingerprint density at radius 3 is 2.42 bits per heavy atom. The molecule has 7 heteroatoms. The van der Waals surface area contributed by atoms with Crippen molar-refractivity contribution in [3.63, 3.8) is 0 Å². The van der Waals surface area contributed by atoms with Crippen molar-refractivity contribution in [2.45, 2.75) is 27.2 Å². The topological polar surface area (TPSA) is 84.3 Å². The Hall–Kier alpha value is -4.00. The van der Waals surface area contributed by atoms with Crippen LogP contribution in [0.5, 0.6) is 0 Å². The van der Waals surface area contributed by atoms with Gasteiger partial charge in [-0.3, -0.25) is 19.9 Å². The number of nitrogens with zero attached hydrogens (tertiary/aromatic N) is 3. The highest BCUT2D eigenvalue weighted by molar-refractivity contribution is 6.39. The van der Waals surface area contributed by atoms with Gasteiger partial charge in [0.05, 0.1) is 17.6 Å². The van der Waals surface area contributed by atoms with Crippen LogP contribution < -0.4 is 10.2 Å². The minimum atomic E-state index is -0.753. The van der Waals surface area contributed by atoms with Crippen LogP contribution in [0.4, 0.5) is 10.5 Å². The largest absolute Gasteiger partial charge is 0.335 e. The summed E-state index contributed by atoms with van der Waals surface area (Å²) < 4.78 is 2.00. The van der Waals surface area contributed by atoms with Crippen molar-refractivity contribution in [1.29, 1.82) is 0 Å². The van der Waals surface area contributed by atoms with Crippen molar-refractivity contribution in [2.24, 2.45) is 0 Å². The first-order valence-corrected chi connectivity index (χ1v) is 10.0. The van der Waals surface area contributed by atoms with Crippen molar-refractivity contribution < 1.29 is 14.4 Å². The molecule has 4 amide bonds. The van der Waals surface area contributed by atoms with Gasteiger partial charge in [-0.15, -0.1) is 0 Å². The second-order valence-electron chi connectivity index (χ2n) is 7.35. The molecule has 0 spiro atoms. The molecule has 156 valence electrons. The molecule has 0 unspecified atom stereocenters. The van der Waals surface area contributed by atoms with Crippen LogP contribution in [-0.4, -0.2) is 27.4 Å². The van der Waals surface area contributed by atoms with Crippen molar-refractivity contribution >= 4 is 29.6 Å². The number of benzene rings is 1. The SMILES string of the molecule is CCc1ccc(N2C(=O)NC(=O)/C(=C\c3cc(C)n(-c4cccnc4)c3C)C2=O)cc1. The Bertz CT molecular complexity index is 1210. The van der Waals surface area contributed by atoms with Crippen LogP contribution in [0.15, 0.2) is 60.4 Å². The lowest BCUT2D eigenvalue weighted by Gasteiger charge is -2.26. The highest BCUT2D eigenvalue weighted by Crippen LogP contribution is 2.26. The number of aromatic nitrogens is 2. The number of rotatable bonds is 4. The molecular weight excluding hydrogens is 392 g/mol. The van der Waals surface area contributed by atoms with Crippen molar-refractivity contribution in [3.8, 4) is 5.69 Å². The average Bonchev–Trinajstić information content (AvgIpc) is 3.05. The fourth-order valence-corrected chi connectivity index (χ4v) is 3.75. The van der Waals surface area contributed by atoms with E-state index in [9.17, 15) is 14.4 Å². The molecule has 1 saturated heterocycles. The fraction of sp³-hybridized carbons (Fsp3) is 0.167. The molecule has 2 aromatic heterocycles. The van der Waals surface area contributed by atoms with Crippen LogP contribution in [0.3, 0.4) is 0 Å². The molecule has 4 rings (SSSR count). The van der Waals surface area contributed by atoms with E-state index in [2.05, 4.69) is 10.3 Å². The van der Waals surface area contributed by atoms with E-state index >= 15 is 0 Å². The molecule has 1 aliphatic heterocycles. The molecule has 0 saturated carbocycles. The molecule has 3 heterocycles. The van der Waals surface area contributed by atoms with Gasteiger partial charge in [-0.05, 0) is 67.8 Å². The van der Waals surface area contributed by atoms with E-state index in [1.165, 1.54) is 6.08 Å². The molecule has 1 aliphatic rings. The third-order valence-electron chi connectivity index (χ3n) is 5.38. The predicted molar refractivity (Wildman–Crippen MR) is 118 cm³/mol. The van der Waals surface area contributed by atoms with E-state index in [4.69, 9.17) is 0 Å². The van der Waals surface area contributed by atoms with Gasteiger partial charge in [-0.2, -0.15) is 0 Å². The molecule has 0 radical (unpaired) electrons. The molecular formula is C24H22N4O3. The highest BCUT2D eigenvalue weighted by Gasteiger charge is 2.37. The van der Waals surface area contributed by atoms with Crippen LogP contribution in [0.1, 0.15) is 29.4 Å². The Morgan fingerprint density at radius 1 is 1.03 bits per heavy atom. The minimum Gasteiger partial charge on any atom is -0.316 e. The van der Waals surface area contributed by atoms with E-state index < -0.39 is 17.8 Å². The third-order valence-corrected chi connectivity index (χ3v) is 5.38. The van der Waals surface area contributed by atoms with Crippen LogP contribution in [0.25, 0.3) is 11.8 Å². The van der Waals surface area contributed by atoms with Gasteiger partial charge in [0.2, 0.25) is 0 Å². The van der Waals surface area contributed by atoms with E-state index in [0.29, 0.717) is 5.69 Å². The summed E-state index contributed by atoms with van der Waals surface area (Å²) in [6.07, 6.45) is 5.82. The Labute approximate surface area is 180 Å². The highest BCUT2D eigenvalue weighted by atomic mass is 16.2. The van der Waals surface area contributed by atoms with E-state index in [-0.39, 0.29) is 5.57 Å². The van der Waals surface area contributed by atoms with Crippen LogP contribution in [0.2, 0.25) is 0 Å². The summed E-state index contributed by atoms with van der Waals surface area (Å²) in [5.74, 6) is -1.35. The maximum absolute atomic E-state index is 13.1. The molecule has 7 nitrogen and oxygen atoms in total. The van der Waals surface area contributed by atoms with E-state index in [1.54, 1.807) is 24.5 Å². The van der Waals surface area contributed by atoms with Gasteiger partial charge < -0.3 is 4.57 Å². The smallest absolute Gasteiger partial charge is 0.316 e. The number of nitrogens with one attached hydrogen (secondary N) is 1. The number of anilines is 1. The number of hydrogen-bond acceptors (Lipinski definition) is 4. The molecule has 0 aliphatic carbocycles. The number of pyridine rings is 1. The zero-order valence-electron chi connectivity index (χ0n) is 17.5. The quantitative estimate of drug-likeness (QED) is 0.521. The number of carbonyl (C=O) groups excluding carboxylic acids is 3. The second-order valence-corrected chi connectivity index (χ2v) is 7.35. The summed E-state index contributed by atoms with van der Waals surface area (Å²) in [6.45, 7) is 5.87. The van der Waals surface area contributed by atoms with Crippen molar-refractivity contribution in [2.75, 3.05) is 4.90 Å². The number of aryl methyl sites for hydroxylation is 2. The van der Waals surface area contributed by atoms with Crippen LogP contribution in [-0.2, 0) is 16.0 Å². The first-order valence-electron chi connectivity index (χ1n) is 10.0. The Balaban J connectivity index is 1.74. The predicted octanol–water partition coefficient (Wildman–Crippen LogP) is 3.72. The molecule has 3 aromatic rings. The Morgan fingerprint density at radius 2 is 1.77 bits per heavy atom. The summed E-state index contributed by atoms with van der Waals surface area (Å²) in [4.78, 5) is 43.2. The van der Waals surface area contributed by atoms with Gasteiger partial charge in [0.15, 0.2) is 0 Å². The van der Waals surface area contributed by atoms with Gasteiger partial charge >= 0.3 is 6.03 Å². The number of hydrogen-bond donors (Lipinski definition) is 1. The van der Waals surface area contributed by atoms with E-state index in [0.717, 1.165) is 39.5 Å². The molecule has 0 bridgehead atoms. The van der Waals surface area contributed by atoms with Gasteiger partial charge in [-0.1, -0.05) is 19.1 Å². The van der Waals surface area contributed by atoms with Gasteiger partial charge in [0.1, 0.15) is 5.57 Å². The summed E-state index contributed by atoms with van der Waals surface area (Å²) in [7, 11) is 0. The fourth-order valence-electron chi connectivity index (χ4n) is 3.75. The zero-order chi connectivity index (χ0) is 22.1. The summed E-state index contributed by atoms with van der Waals surface area (Å²) in [6, 6.07) is 12.1. The number of barbiturate groups is 1. The van der Waals surface area contributed by atoms with Crippen LogP contribution >= 0.6 is 0 Å². The second kappa shape index (κ2) is 8.02. The Kier molecular flexibility index (Phi) is 5.25. The normalized spacial score (nSPS) is 15.5. The lowest BCUT2D eigenvalue weighted by molar-refractivity contribution is -0.122. The zero-order valence-corrected chi connectivity index (χ0v) is 17.5. The number of amides is 4. The first-order chi connectivity index (χ1) is 14.9. The summed E-state index contributed by atoms with van der Waals surface area (Å²) >= 11 is 0. The van der Waals surface area contributed by atoms with Crippen LogP contribution in [0, 0.1) is 13.8 Å². The number of carbonyl (C=O) groups is 3. The monoisotopic (exact) mass is 414 g/mol. The number of imide groups is 2. The van der Waals surface area contributed by atoms with Gasteiger partial charge in [0, 0.05) is 17.6 Å². The molecule has 1 fully saturated rings. The minimum absolute atomic E-state index is 0.0920. The lowest BCUT2D eigenvalue weighted by atomic mass is 10.1. The van der Waals surface area contributed by atoms with Crippen molar-refractivity contribution in [1.82, 2.24) is 14.9 Å². The standard InChI is InChI=1S/C24H22N4O3/c1-4-17-7-9-19(10-8-17)28-23(30)21(22(29)26-24(28)31)13-18-12-15(2)27(16(18)3)20-6-5-11-25-14-20/h5-14H,4H2,1-3H3,(H,26,29,31)/b21-13+. The molecule has 1 aromatic carbocycles. The maximum atomic E-state index is 13.1. The molecule has 0 atom stereocenters. The van der Waals surface area contributed by atoms with E-state index in [1.807, 2.05) is 55.7 Å². The maximum Gasteiger partial charge on any atom is 0.335 e. The average molecular weight is 414 g/mol.